The first kappa shape index (κ1) is 15.4. The standard InChI is InChI=1S/C19H24N4O/c1-12-20-13(2)23(22-12)11-17(24)21-19-16-10-6-9-15(16)18(19)14-7-4-3-5-8-14/h3-5,7-8,15-16,18-19H,6,9-11H2,1-2H3,(H,21,24)/t15-,16+,18-,19+/m0/s1. The number of rotatable bonds is 4. The predicted molar refractivity (Wildman–Crippen MR) is 91.4 cm³/mol. The van der Waals surface area contributed by atoms with Gasteiger partial charge in [0.2, 0.25) is 5.91 Å². The van der Waals surface area contributed by atoms with Gasteiger partial charge < -0.3 is 5.32 Å². The fraction of sp³-hybridized carbons (Fsp3) is 0.526. The Labute approximate surface area is 142 Å². The Kier molecular flexibility index (Phi) is 3.87. The molecule has 24 heavy (non-hydrogen) atoms. The normalized spacial score (nSPS) is 28.2. The number of carbonyl (C=O) groups excluding carboxylic acids is 1. The van der Waals surface area contributed by atoms with Gasteiger partial charge in [0.25, 0.3) is 0 Å². The van der Waals surface area contributed by atoms with Crippen LogP contribution in [-0.2, 0) is 11.3 Å². The summed E-state index contributed by atoms with van der Waals surface area (Å²) in [6, 6.07) is 10.9. The summed E-state index contributed by atoms with van der Waals surface area (Å²) in [7, 11) is 0. The van der Waals surface area contributed by atoms with E-state index in [2.05, 4.69) is 45.7 Å². The first-order valence-electron chi connectivity index (χ1n) is 8.86. The Morgan fingerprint density at radius 3 is 2.67 bits per heavy atom. The van der Waals surface area contributed by atoms with Gasteiger partial charge in [0.1, 0.15) is 18.2 Å². The van der Waals surface area contributed by atoms with Crippen molar-refractivity contribution in [2.75, 3.05) is 0 Å². The zero-order chi connectivity index (χ0) is 16.7. The highest BCUT2D eigenvalue weighted by atomic mass is 16.2. The number of carbonyl (C=O) groups is 1. The molecule has 2 aliphatic carbocycles. The minimum absolute atomic E-state index is 0.0410. The lowest BCUT2D eigenvalue weighted by atomic mass is 9.60. The van der Waals surface area contributed by atoms with E-state index in [0.29, 0.717) is 17.7 Å². The highest BCUT2D eigenvalue weighted by Gasteiger charge is 2.53. The van der Waals surface area contributed by atoms with Crippen LogP contribution in [0.1, 0.15) is 42.4 Å². The fourth-order valence-corrected chi connectivity index (χ4v) is 4.70. The predicted octanol–water partition coefficient (Wildman–Crippen LogP) is 2.59. The molecule has 5 nitrogen and oxygen atoms in total. The zero-order valence-corrected chi connectivity index (χ0v) is 14.3. The second-order valence-electron chi connectivity index (χ2n) is 7.15. The van der Waals surface area contributed by atoms with Gasteiger partial charge in [-0.05, 0) is 44.1 Å². The summed E-state index contributed by atoms with van der Waals surface area (Å²) in [5, 5.41) is 7.58. The molecule has 2 aromatic rings. The monoisotopic (exact) mass is 324 g/mol. The lowest BCUT2D eigenvalue weighted by Gasteiger charge is -2.49. The molecule has 2 saturated carbocycles. The Morgan fingerprint density at radius 1 is 1.21 bits per heavy atom. The summed E-state index contributed by atoms with van der Waals surface area (Å²) in [6.07, 6.45) is 3.81. The summed E-state index contributed by atoms with van der Waals surface area (Å²) < 4.78 is 1.69. The van der Waals surface area contributed by atoms with Crippen LogP contribution in [-0.4, -0.2) is 26.7 Å². The van der Waals surface area contributed by atoms with Crippen LogP contribution in [0, 0.1) is 25.7 Å². The molecule has 4 rings (SSSR count). The summed E-state index contributed by atoms with van der Waals surface area (Å²) in [6.45, 7) is 3.99. The van der Waals surface area contributed by atoms with E-state index in [1.807, 2.05) is 13.8 Å². The summed E-state index contributed by atoms with van der Waals surface area (Å²) in [5.74, 6) is 3.36. The van der Waals surface area contributed by atoms with Crippen LogP contribution >= 0.6 is 0 Å². The molecule has 1 aromatic carbocycles. The van der Waals surface area contributed by atoms with Gasteiger partial charge in [-0.15, -0.1) is 0 Å². The van der Waals surface area contributed by atoms with E-state index in [-0.39, 0.29) is 18.5 Å². The number of hydrogen-bond acceptors (Lipinski definition) is 3. The zero-order valence-electron chi connectivity index (χ0n) is 14.3. The van der Waals surface area contributed by atoms with Crippen molar-refractivity contribution in [3.63, 3.8) is 0 Å². The van der Waals surface area contributed by atoms with Gasteiger partial charge >= 0.3 is 0 Å². The largest absolute Gasteiger partial charge is 0.351 e. The van der Waals surface area contributed by atoms with Gasteiger partial charge in [-0.1, -0.05) is 36.8 Å². The minimum Gasteiger partial charge on any atom is -0.351 e. The first-order chi connectivity index (χ1) is 11.6. The third-order valence-electron chi connectivity index (χ3n) is 5.70. The molecule has 126 valence electrons. The van der Waals surface area contributed by atoms with Gasteiger partial charge in [-0.3, -0.25) is 4.79 Å². The van der Waals surface area contributed by atoms with E-state index < -0.39 is 0 Å². The van der Waals surface area contributed by atoms with Gasteiger partial charge in [-0.2, -0.15) is 5.10 Å². The second kappa shape index (κ2) is 6.04. The van der Waals surface area contributed by atoms with Crippen LogP contribution in [0.5, 0.6) is 0 Å². The number of hydrogen-bond donors (Lipinski definition) is 1. The van der Waals surface area contributed by atoms with Crippen LogP contribution in [0.3, 0.4) is 0 Å². The maximum absolute atomic E-state index is 12.5. The fourth-order valence-electron chi connectivity index (χ4n) is 4.70. The van der Waals surface area contributed by atoms with Crippen molar-refractivity contribution < 1.29 is 4.79 Å². The van der Waals surface area contributed by atoms with Crippen molar-refractivity contribution in [2.24, 2.45) is 11.8 Å². The molecule has 0 unspecified atom stereocenters. The molecule has 1 N–H and O–H groups in total. The molecule has 0 bridgehead atoms. The van der Waals surface area contributed by atoms with E-state index in [0.717, 1.165) is 11.7 Å². The summed E-state index contributed by atoms with van der Waals surface area (Å²) in [4.78, 5) is 16.8. The van der Waals surface area contributed by atoms with E-state index in [1.165, 1.54) is 24.8 Å². The van der Waals surface area contributed by atoms with Gasteiger partial charge in [0.15, 0.2) is 0 Å². The lowest BCUT2D eigenvalue weighted by Crippen LogP contribution is -2.57. The van der Waals surface area contributed by atoms with Crippen LogP contribution < -0.4 is 5.32 Å². The van der Waals surface area contributed by atoms with Gasteiger partial charge in [0, 0.05) is 12.0 Å². The number of nitrogens with one attached hydrogen (secondary N) is 1. The maximum atomic E-state index is 12.5. The molecule has 0 aliphatic heterocycles. The average molecular weight is 324 g/mol. The quantitative estimate of drug-likeness (QED) is 0.940. The van der Waals surface area contributed by atoms with E-state index in [9.17, 15) is 4.79 Å². The van der Waals surface area contributed by atoms with Crippen molar-refractivity contribution in [2.45, 2.75) is 51.6 Å². The third kappa shape index (κ3) is 2.62. The first-order valence-corrected chi connectivity index (χ1v) is 8.86. The molecule has 0 saturated heterocycles. The molecule has 1 aromatic heterocycles. The maximum Gasteiger partial charge on any atom is 0.242 e. The van der Waals surface area contributed by atoms with Crippen molar-refractivity contribution in [3.05, 3.63) is 47.5 Å². The molecule has 2 aliphatic rings. The highest BCUT2D eigenvalue weighted by molar-refractivity contribution is 5.76. The Morgan fingerprint density at radius 2 is 1.96 bits per heavy atom. The van der Waals surface area contributed by atoms with E-state index in [1.54, 1.807) is 4.68 Å². The van der Waals surface area contributed by atoms with Crippen LogP contribution in [0.25, 0.3) is 0 Å². The molecule has 1 heterocycles. The van der Waals surface area contributed by atoms with Crippen LogP contribution in [0.4, 0.5) is 0 Å². The summed E-state index contributed by atoms with van der Waals surface area (Å²) >= 11 is 0. The van der Waals surface area contributed by atoms with Gasteiger partial charge in [-0.25, -0.2) is 9.67 Å². The highest BCUT2D eigenvalue weighted by Crippen LogP contribution is 2.55. The lowest BCUT2D eigenvalue weighted by molar-refractivity contribution is -0.124. The molecule has 0 radical (unpaired) electrons. The Bertz CT molecular complexity index is 739. The number of aryl methyl sites for hydroxylation is 2. The van der Waals surface area contributed by atoms with Crippen molar-refractivity contribution in [3.8, 4) is 0 Å². The van der Waals surface area contributed by atoms with Crippen LogP contribution in [0.15, 0.2) is 30.3 Å². The number of nitrogens with zero attached hydrogens (tertiary/aromatic N) is 3. The van der Waals surface area contributed by atoms with Crippen molar-refractivity contribution >= 4 is 5.91 Å². The SMILES string of the molecule is Cc1nc(C)n(CC(=O)N[C@@H]2[C@@H]3CCC[C@@H]3[C@@H]2c2ccccc2)n1. The molecular weight excluding hydrogens is 300 g/mol. The number of aromatic nitrogens is 3. The molecule has 4 atom stereocenters. The van der Waals surface area contributed by atoms with Crippen molar-refractivity contribution in [1.29, 1.82) is 0 Å². The van der Waals surface area contributed by atoms with E-state index in [4.69, 9.17) is 0 Å². The third-order valence-corrected chi connectivity index (χ3v) is 5.70. The van der Waals surface area contributed by atoms with E-state index >= 15 is 0 Å². The second-order valence-corrected chi connectivity index (χ2v) is 7.15. The van der Waals surface area contributed by atoms with Crippen molar-refractivity contribution in [1.82, 2.24) is 20.1 Å². The Hall–Kier alpha value is -2.17. The molecule has 5 heteroatoms. The number of amides is 1. The number of fused-ring (bicyclic) bond motifs is 1. The molecule has 2 fully saturated rings. The average Bonchev–Trinajstić information content (AvgIpc) is 3.10. The van der Waals surface area contributed by atoms with Crippen LogP contribution in [0.2, 0.25) is 0 Å². The molecular formula is C19H24N4O. The van der Waals surface area contributed by atoms with Gasteiger partial charge in [0.05, 0.1) is 0 Å². The minimum atomic E-state index is 0.0410. The Balaban J connectivity index is 1.48. The molecule has 1 amide bonds. The number of benzene rings is 1. The molecule has 0 spiro atoms. The smallest absolute Gasteiger partial charge is 0.242 e. The summed E-state index contributed by atoms with van der Waals surface area (Å²) in [5.41, 5.74) is 1.36. The topological polar surface area (TPSA) is 59.8 Å².